The molecule has 1 aromatic rings. The Morgan fingerprint density at radius 2 is 1.86 bits per heavy atom. The number of carbonyl (C=O) groups excluding carboxylic acids is 2. The van der Waals surface area contributed by atoms with Crippen LogP contribution in [0.4, 0.5) is 0 Å². The molecule has 120 valence electrons. The topological polar surface area (TPSA) is 76.7 Å². The lowest BCUT2D eigenvalue weighted by Gasteiger charge is -2.11. The van der Waals surface area contributed by atoms with Crippen molar-refractivity contribution < 1.29 is 19.1 Å². The molecule has 0 aromatic heterocycles. The molecule has 2 N–H and O–H groups in total. The van der Waals surface area contributed by atoms with Crippen LogP contribution in [0.2, 0.25) is 0 Å². The Morgan fingerprint density at radius 3 is 2.50 bits per heavy atom. The second-order valence-corrected chi connectivity index (χ2v) is 5.27. The third-order valence-corrected chi connectivity index (χ3v) is 3.53. The van der Waals surface area contributed by atoms with Gasteiger partial charge in [0, 0.05) is 24.6 Å². The Labute approximate surface area is 130 Å². The zero-order chi connectivity index (χ0) is 15.9. The molecule has 0 radical (unpaired) electrons. The van der Waals surface area contributed by atoms with E-state index in [0.717, 1.165) is 18.4 Å². The molecular weight excluding hydrogens is 284 g/mol. The summed E-state index contributed by atoms with van der Waals surface area (Å²) in [5.74, 6) is 1.49. The fourth-order valence-corrected chi connectivity index (χ4v) is 2.13. The Bertz CT molecular complexity index is 541. The van der Waals surface area contributed by atoms with Crippen molar-refractivity contribution in [1.82, 2.24) is 10.6 Å². The highest BCUT2D eigenvalue weighted by molar-refractivity contribution is 5.81. The summed E-state index contributed by atoms with van der Waals surface area (Å²) in [6, 6.07) is 5.35. The first kappa shape index (κ1) is 16.1. The zero-order valence-electron chi connectivity index (χ0n) is 13.0. The molecule has 1 saturated carbocycles. The highest BCUT2D eigenvalue weighted by atomic mass is 16.5. The van der Waals surface area contributed by atoms with Gasteiger partial charge in [0.1, 0.15) is 11.5 Å². The monoisotopic (exact) mass is 306 g/mol. The second-order valence-electron chi connectivity index (χ2n) is 5.27. The number of rotatable bonds is 8. The zero-order valence-corrected chi connectivity index (χ0v) is 13.0. The smallest absolute Gasteiger partial charge is 0.224 e. The van der Waals surface area contributed by atoms with E-state index in [9.17, 15) is 9.59 Å². The third-order valence-electron chi connectivity index (χ3n) is 3.53. The maximum Gasteiger partial charge on any atom is 0.224 e. The average molecular weight is 306 g/mol. The number of ether oxygens (including phenoxy) is 2. The van der Waals surface area contributed by atoms with Crippen LogP contribution in [0.15, 0.2) is 18.2 Å². The van der Waals surface area contributed by atoms with Gasteiger partial charge in [-0.2, -0.15) is 0 Å². The maximum absolute atomic E-state index is 12.0. The molecule has 2 amide bonds. The van der Waals surface area contributed by atoms with Gasteiger partial charge in [-0.3, -0.25) is 9.59 Å². The van der Waals surface area contributed by atoms with Crippen molar-refractivity contribution >= 4 is 11.8 Å². The van der Waals surface area contributed by atoms with Gasteiger partial charge in [0.15, 0.2) is 0 Å². The molecule has 22 heavy (non-hydrogen) atoms. The van der Waals surface area contributed by atoms with E-state index in [4.69, 9.17) is 9.47 Å². The summed E-state index contributed by atoms with van der Waals surface area (Å²) < 4.78 is 10.4. The van der Waals surface area contributed by atoms with Gasteiger partial charge in [-0.15, -0.1) is 0 Å². The predicted molar refractivity (Wildman–Crippen MR) is 82.0 cm³/mol. The summed E-state index contributed by atoms with van der Waals surface area (Å²) >= 11 is 0. The molecule has 0 bridgehead atoms. The summed E-state index contributed by atoms with van der Waals surface area (Å²) in [5, 5.41) is 5.59. The van der Waals surface area contributed by atoms with E-state index in [1.807, 2.05) is 0 Å². The van der Waals surface area contributed by atoms with Gasteiger partial charge >= 0.3 is 0 Å². The number of carbonyl (C=O) groups is 2. The molecule has 0 spiro atoms. The Morgan fingerprint density at radius 1 is 1.14 bits per heavy atom. The molecule has 0 heterocycles. The minimum Gasteiger partial charge on any atom is -0.497 e. The van der Waals surface area contributed by atoms with Gasteiger partial charge in [-0.25, -0.2) is 0 Å². The van der Waals surface area contributed by atoms with Crippen LogP contribution in [0.3, 0.4) is 0 Å². The first-order valence-corrected chi connectivity index (χ1v) is 7.39. The summed E-state index contributed by atoms with van der Waals surface area (Å²) in [7, 11) is 3.14. The van der Waals surface area contributed by atoms with Crippen molar-refractivity contribution in [3.8, 4) is 11.5 Å². The van der Waals surface area contributed by atoms with Gasteiger partial charge in [0.05, 0.1) is 20.6 Å². The van der Waals surface area contributed by atoms with E-state index >= 15 is 0 Å². The number of hydrogen-bond donors (Lipinski definition) is 2. The van der Waals surface area contributed by atoms with E-state index in [2.05, 4.69) is 10.6 Å². The SMILES string of the molecule is COc1ccc(OC)c(CC(=O)NCCNC(=O)C2CC2)c1. The van der Waals surface area contributed by atoms with E-state index < -0.39 is 0 Å². The molecule has 1 aromatic carbocycles. The van der Waals surface area contributed by atoms with Crippen LogP contribution in [-0.4, -0.2) is 39.1 Å². The Kier molecular flexibility index (Phi) is 5.63. The molecule has 1 aliphatic carbocycles. The third kappa shape index (κ3) is 4.65. The van der Waals surface area contributed by atoms with Crippen LogP contribution in [0, 0.1) is 5.92 Å². The largest absolute Gasteiger partial charge is 0.497 e. The molecule has 0 aliphatic heterocycles. The summed E-state index contributed by atoms with van der Waals surface area (Å²) in [4.78, 5) is 23.4. The number of amides is 2. The standard InChI is InChI=1S/C16H22N2O4/c1-21-13-5-6-14(22-2)12(9-13)10-15(19)17-7-8-18-16(20)11-3-4-11/h5-6,9,11H,3-4,7-8,10H2,1-2H3,(H,17,19)(H,18,20). The van der Waals surface area contributed by atoms with Gasteiger partial charge < -0.3 is 20.1 Å². The molecule has 1 fully saturated rings. The Hall–Kier alpha value is -2.24. The molecule has 0 unspecified atom stereocenters. The highest BCUT2D eigenvalue weighted by Gasteiger charge is 2.28. The minimum atomic E-state index is -0.118. The molecule has 2 rings (SSSR count). The number of benzene rings is 1. The van der Waals surface area contributed by atoms with Crippen molar-refractivity contribution in [2.24, 2.45) is 5.92 Å². The quantitative estimate of drug-likeness (QED) is 0.699. The van der Waals surface area contributed by atoms with Gasteiger partial charge in [-0.05, 0) is 31.0 Å². The van der Waals surface area contributed by atoms with Crippen molar-refractivity contribution in [3.63, 3.8) is 0 Å². The van der Waals surface area contributed by atoms with Gasteiger partial charge in [0.2, 0.25) is 11.8 Å². The fourth-order valence-electron chi connectivity index (χ4n) is 2.13. The van der Waals surface area contributed by atoms with Gasteiger partial charge in [0.25, 0.3) is 0 Å². The van der Waals surface area contributed by atoms with E-state index in [1.54, 1.807) is 32.4 Å². The summed E-state index contributed by atoms with van der Waals surface area (Å²) in [5.41, 5.74) is 0.765. The van der Waals surface area contributed by atoms with Crippen LogP contribution < -0.4 is 20.1 Å². The van der Waals surface area contributed by atoms with Crippen molar-refractivity contribution in [1.29, 1.82) is 0 Å². The number of nitrogens with one attached hydrogen (secondary N) is 2. The lowest BCUT2D eigenvalue weighted by atomic mass is 10.1. The fraction of sp³-hybridized carbons (Fsp3) is 0.500. The van der Waals surface area contributed by atoms with Crippen LogP contribution in [0.5, 0.6) is 11.5 Å². The maximum atomic E-state index is 12.0. The van der Waals surface area contributed by atoms with Gasteiger partial charge in [-0.1, -0.05) is 0 Å². The molecule has 0 atom stereocenters. The van der Waals surface area contributed by atoms with E-state index in [-0.39, 0.29) is 24.2 Å². The molecule has 6 nitrogen and oxygen atoms in total. The van der Waals surface area contributed by atoms with Crippen LogP contribution in [0.25, 0.3) is 0 Å². The Balaban J connectivity index is 1.77. The average Bonchev–Trinajstić information content (AvgIpc) is 3.36. The summed E-state index contributed by atoms with van der Waals surface area (Å²) in [6.07, 6.45) is 2.17. The van der Waals surface area contributed by atoms with Crippen LogP contribution in [-0.2, 0) is 16.0 Å². The molecular formula is C16H22N2O4. The van der Waals surface area contributed by atoms with Crippen LogP contribution in [0.1, 0.15) is 18.4 Å². The number of hydrogen-bond acceptors (Lipinski definition) is 4. The summed E-state index contributed by atoms with van der Waals surface area (Å²) in [6.45, 7) is 0.875. The number of methoxy groups -OCH3 is 2. The minimum absolute atomic E-state index is 0.0868. The first-order valence-electron chi connectivity index (χ1n) is 7.39. The molecule has 1 aliphatic rings. The van der Waals surface area contributed by atoms with Crippen molar-refractivity contribution in [2.75, 3.05) is 27.3 Å². The normalized spacial score (nSPS) is 13.4. The molecule has 0 saturated heterocycles. The van der Waals surface area contributed by atoms with E-state index in [1.165, 1.54) is 0 Å². The van der Waals surface area contributed by atoms with Crippen molar-refractivity contribution in [3.05, 3.63) is 23.8 Å². The van der Waals surface area contributed by atoms with E-state index in [0.29, 0.717) is 24.6 Å². The predicted octanol–water partition coefficient (Wildman–Crippen LogP) is 0.889. The highest BCUT2D eigenvalue weighted by Crippen LogP contribution is 2.28. The second kappa shape index (κ2) is 7.68. The molecule has 6 heteroatoms. The lowest BCUT2D eigenvalue weighted by molar-refractivity contribution is -0.123. The van der Waals surface area contributed by atoms with Crippen LogP contribution >= 0.6 is 0 Å². The first-order chi connectivity index (χ1) is 10.6. The lowest BCUT2D eigenvalue weighted by Crippen LogP contribution is -2.35. The van der Waals surface area contributed by atoms with Crippen molar-refractivity contribution in [2.45, 2.75) is 19.3 Å².